The maximum atomic E-state index is 5.41. The molecule has 0 radical (unpaired) electrons. The van der Waals surface area contributed by atoms with E-state index in [0.29, 0.717) is 29.0 Å². The van der Waals surface area contributed by atoms with Crippen LogP contribution in [0.3, 0.4) is 0 Å². The molecule has 1 aliphatic rings. The molecule has 0 atom stereocenters. The zero-order valence-electron chi connectivity index (χ0n) is 15.8. The van der Waals surface area contributed by atoms with E-state index in [1.165, 1.54) is 0 Å². The first-order chi connectivity index (χ1) is 13.6. The van der Waals surface area contributed by atoms with Crippen molar-refractivity contribution < 1.29 is 18.9 Å². The summed E-state index contributed by atoms with van der Waals surface area (Å²) in [6, 6.07) is 13.0. The Morgan fingerprint density at radius 1 is 0.821 bits per heavy atom. The minimum Gasteiger partial charge on any atom is -0.493 e. The number of nitrogens with one attached hydrogen (secondary N) is 2. The predicted octanol–water partition coefficient (Wildman–Crippen LogP) is 4.02. The topological polar surface area (TPSA) is 86.8 Å². The van der Waals surface area contributed by atoms with Crippen LogP contribution >= 0.6 is 0 Å². The molecule has 1 aromatic heterocycles. The van der Waals surface area contributed by atoms with E-state index >= 15 is 0 Å². The normalized spacial score (nSPS) is 11.8. The summed E-state index contributed by atoms with van der Waals surface area (Å²) < 4.78 is 21.4. The minimum atomic E-state index is 0.241. The summed E-state index contributed by atoms with van der Waals surface area (Å²) in [7, 11) is 3.20. The summed E-state index contributed by atoms with van der Waals surface area (Å²) >= 11 is 0. The Morgan fingerprint density at radius 2 is 1.57 bits per heavy atom. The molecule has 4 rings (SSSR count). The highest BCUT2D eigenvalue weighted by Gasteiger charge is 2.14. The van der Waals surface area contributed by atoms with E-state index in [1.807, 2.05) is 49.4 Å². The van der Waals surface area contributed by atoms with E-state index in [4.69, 9.17) is 18.9 Å². The molecule has 3 aromatic rings. The zero-order valence-corrected chi connectivity index (χ0v) is 15.8. The fourth-order valence-electron chi connectivity index (χ4n) is 2.85. The first-order valence-corrected chi connectivity index (χ1v) is 8.66. The number of hydrogen-bond acceptors (Lipinski definition) is 8. The number of aromatic nitrogens is 2. The Kier molecular flexibility index (Phi) is 4.76. The van der Waals surface area contributed by atoms with E-state index in [0.717, 1.165) is 22.8 Å². The molecule has 0 saturated heterocycles. The molecule has 2 heterocycles. The van der Waals surface area contributed by atoms with Crippen LogP contribution in [-0.2, 0) is 0 Å². The van der Waals surface area contributed by atoms with Gasteiger partial charge in [0.15, 0.2) is 23.0 Å². The van der Waals surface area contributed by atoms with Gasteiger partial charge in [0.2, 0.25) is 12.7 Å². The third kappa shape index (κ3) is 3.71. The van der Waals surface area contributed by atoms with Gasteiger partial charge in [-0.2, -0.15) is 4.98 Å². The lowest BCUT2D eigenvalue weighted by Crippen LogP contribution is -2.03. The van der Waals surface area contributed by atoms with Crippen molar-refractivity contribution in [1.82, 2.24) is 9.97 Å². The van der Waals surface area contributed by atoms with Crippen LogP contribution in [-0.4, -0.2) is 31.0 Å². The van der Waals surface area contributed by atoms with Crippen LogP contribution in [0, 0.1) is 6.92 Å². The first-order valence-electron chi connectivity index (χ1n) is 8.66. The van der Waals surface area contributed by atoms with E-state index < -0.39 is 0 Å². The number of rotatable bonds is 6. The molecule has 28 heavy (non-hydrogen) atoms. The van der Waals surface area contributed by atoms with Crippen LogP contribution in [0.4, 0.5) is 23.1 Å². The van der Waals surface area contributed by atoms with Gasteiger partial charge in [-0.25, -0.2) is 4.98 Å². The summed E-state index contributed by atoms with van der Waals surface area (Å²) in [4.78, 5) is 8.99. The standard InChI is InChI=1S/C20H20N4O4/c1-12-8-19(22-13-5-7-16-18(10-13)28-11-27-16)24-20(21-12)23-14-4-6-15(25-2)17(9-14)26-3/h4-10H,11H2,1-3H3,(H2,21,22,23,24). The van der Waals surface area contributed by atoms with Gasteiger partial charge in [-0.1, -0.05) is 0 Å². The van der Waals surface area contributed by atoms with Gasteiger partial charge in [0.25, 0.3) is 0 Å². The van der Waals surface area contributed by atoms with E-state index in [9.17, 15) is 0 Å². The fraction of sp³-hybridized carbons (Fsp3) is 0.200. The summed E-state index contributed by atoms with van der Waals surface area (Å²) in [5, 5.41) is 6.47. The number of nitrogens with zero attached hydrogens (tertiary/aromatic N) is 2. The second-order valence-electron chi connectivity index (χ2n) is 6.11. The number of anilines is 4. The lowest BCUT2D eigenvalue weighted by atomic mass is 10.2. The molecule has 8 heteroatoms. The monoisotopic (exact) mass is 380 g/mol. The number of methoxy groups -OCH3 is 2. The van der Waals surface area contributed by atoms with Crippen molar-refractivity contribution in [3.8, 4) is 23.0 Å². The Morgan fingerprint density at radius 3 is 2.39 bits per heavy atom. The van der Waals surface area contributed by atoms with Crippen LogP contribution < -0.4 is 29.6 Å². The number of benzene rings is 2. The third-order valence-electron chi connectivity index (χ3n) is 4.14. The predicted molar refractivity (Wildman–Crippen MR) is 105 cm³/mol. The van der Waals surface area contributed by atoms with Crippen LogP contribution in [0.5, 0.6) is 23.0 Å². The van der Waals surface area contributed by atoms with Crippen molar-refractivity contribution in [3.63, 3.8) is 0 Å². The minimum absolute atomic E-state index is 0.241. The molecule has 0 amide bonds. The van der Waals surface area contributed by atoms with Crippen molar-refractivity contribution in [2.75, 3.05) is 31.6 Å². The molecular weight excluding hydrogens is 360 g/mol. The largest absolute Gasteiger partial charge is 0.493 e. The van der Waals surface area contributed by atoms with Gasteiger partial charge >= 0.3 is 0 Å². The highest BCUT2D eigenvalue weighted by molar-refractivity contribution is 5.64. The Bertz CT molecular complexity index is 1010. The van der Waals surface area contributed by atoms with Crippen LogP contribution in [0.1, 0.15) is 5.69 Å². The highest BCUT2D eigenvalue weighted by atomic mass is 16.7. The smallest absolute Gasteiger partial charge is 0.231 e. The van der Waals surface area contributed by atoms with E-state index in [2.05, 4.69) is 20.6 Å². The SMILES string of the molecule is COc1ccc(Nc2nc(C)cc(Nc3ccc4c(c3)OCO4)n2)cc1OC. The third-order valence-corrected chi connectivity index (χ3v) is 4.14. The highest BCUT2D eigenvalue weighted by Crippen LogP contribution is 2.35. The molecule has 0 unspecified atom stereocenters. The zero-order chi connectivity index (χ0) is 19.5. The van der Waals surface area contributed by atoms with Crippen molar-refractivity contribution in [3.05, 3.63) is 48.2 Å². The van der Waals surface area contributed by atoms with Crippen molar-refractivity contribution in [2.24, 2.45) is 0 Å². The summed E-state index contributed by atoms with van der Waals surface area (Å²) in [5.41, 5.74) is 2.46. The van der Waals surface area contributed by atoms with Crippen molar-refractivity contribution in [1.29, 1.82) is 0 Å². The van der Waals surface area contributed by atoms with Gasteiger partial charge in [-0.15, -0.1) is 0 Å². The summed E-state index contributed by atoms with van der Waals surface area (Å²) in [5.74, 6) is 3.85. The second-order valence-corrected chi connectivity index (χ2v) is 6.11. The molecule has 2 aromatic carbocycles. The average Bonchev–Trinajstić information content (AvgIpc) is 3.15. The van der Waals surface area contributed by atoms with Gasteiger partial charge in [-0.3, -0.25) is 0 Å². The van der Waals surface area contributed by atoms with Gasteiger partial charge in [0.1, 0.15) is 5.82 Å². The second kappa shape index (κ2) is 7.51. The summed E-state index contributed by atoms with van der Waals surface area (Å²) in [6.45, 7) is 2.15. The number of ether oxygens (including phenoxy) is 4. The van der Waals surface area contributed by atoms with E-state index in [-0.39, 0.29) is 6.79 Å². The molecular formula is C20H20N4O4. The molecule has 0 fully saturated rings. The van der Waals surface area contributed by atoms with Crippen LogP contribution in [0.2, 0.25) is 0 Å². The van der Waals surface area contributed by atoms with Crippen LogP contribution in [0.15, 0.2) is 42.5 Å². The van der Waals surface area contributed by atoms with Gasteiger partial charge in [-0.05, 0) is 31.2 Å². The molecule has 8 nitrogen and oxygen atoms in total. The number of fused-ring (bicyclic) bond motifs is 1. The van der Waals surface area contributed by atoms with Gasteiger partial charge in [0, 0.05) is 35.3 Å². The maximum absolute atomic E-state index is 5.41. The summed E-state index contributed by atoms with van der Waals surface area (Å²) in [6.07, 6.45) is 0. The molecule has 1 aliphatic heterocycles. The van der Waals surface area contributed by atoms with E-state index in [1.54, 1.807) is 14.2 Å². The Hall–Kier alpha value is -3.68. The molecule has 2 N–H and O–H groups in total. The number of aryl methyl sites for hydroxylation is 1. The number of hydrogen-bond donors (Lipinski definition) is 2. The molecule has 144 valence electrons. The van der Waals surface area contributed by atoms with Gasteiger partial charge in [0.05, 0.1) is 14.2 Å². The quantitative estimate of drug-likeness (QED) is 0.663. The lowest BCUT2D eigenvalue weighted by molar-refractivity contribution is 0.174. The Balaban J connectivity index is 1.55. The van der Waals surface area contributed by atoms with Crippen molar-refractivity contribution in [2.45, 2.75) is 6.92 Å². The van der Waals surface area contributed by atoms with Gasteiger partial charge < -0.3 is 29.6 Å². The maximum Gasteiger partial charge on any atom is 0.231 e. The first kappa shape index (κ1) is 17.7. The Labute approximate surface area is 162 Å². The van der Waals surface area contributed by atoms with Crippen molar-refractivity contribution >= 4 is 23.1 Å². The lowest BCUT2D eigenvalue weighted by Gasteiger charge is -2.12. The fourth-order valence-corrected chi connectivity index (χ4v) is 2.85. The molecule has 0 spiro atoms. The van der Waals surface area contributed by atoms with Crippen LogP contribution in [0.25, 0.3) is 0 Å². The molecule has 0 bridgehead atoms. The molecule has 0 saturated carbocycles. The average molecular weight is 380 g/mol. The molecule has 0 aliphatic carbocycles.